The van der Waals surface area contributed by atoms with Crippen LogP contribution in [0.25, 0.3) is 0 Å². The molecule has 100 valence electrons. The van der Waals surface area contributed by atoms with E-state index < -0.39 is 10.0 Å². The van der Waals surface area contributed by atoms with Crippen LogP contribution in [0, 0.1) is 0 Å². The van der Waals surface area contributed by atoms with Crippen molar-refractivity contribution < 1.29 is 12.8 Å². The summed E-state index contributed by atoms with van der Waals surface area (Å²) in [6, 6.07) is 5.08. The van der Waals surface area contributed by atoms with Gasteiger partial charge in [0.1, 0.15) is 5.76 Å². The van der Waals surface area contributed by atoms with Crippen molar-refractivity contribution >= 4 is 44.6 Å². The standard InChI is InChI=1S/C10H8ClN3O3S2/c11-8-4-7-9(18-8)19(15,16)14-10(13-7)12-5-6-2-1-3-17-6/h1-4H,5H2,(H2,12,13,14). The number of thiophene rings is 1. The van der Waals surface area contributed by atoms with E-state index in [1.165, 1.54) is 0 Å². The molecule has 3 heterocycles. The molecule has 0 atom stereocenters. The molecule has 3 rings (SSSR count). The minimum absolute atomic E-state index is 0.126. The largest absolute Gasteiger partial charge is 0.467 e. The first kappa shape index (κ1) is 12.5. The molecule has 0 saturated carbocycles. The Kier molecular flexibility index (Phi) is 3.00. The average molecular weight is 318 g/mol. The number of guanidine groups is 1. The highest BCUT2D eigenvalue weighted by Gasteiger charge is 2.27. The first-order valence-corrected chi connectivity index (χ1v) is 7.86. The van der Waals surface area contributed by atoms with E-state index in [9.17, 15) is 8.42 Å². The molecule has 0 spiro atoms. The predicted octanol–water partition coefficient (Wildman–Crippen LogP) is 2.25. The summed E-state index contributed by atoms with van der Waals surface area (Å²) >= 11 is 6.79. The van der Waals surface area contributed by atoms with Crippen molar-refractivity contribution in [3.05, 3.63) is 34.6 Å². The fraction of sp³-hybridized carbons (Fsp3) is 0.100. The molecule has 0 unspecified atom stereocenters. The lowest BCUT2D eigenvalue weighted by molar-refractivity contribution is 0.503. The number of rotatable bonds is 2. The van der Waals surface area contributed by atoms with Crippen LogP contribution in [0.3, 0.4) is 0 Å². The van der Waals surface area contributed by atoms with Crippen LogP contribution in [0.4, 0.5) is 5.69 Å². The Bertz CT molecular complexity index is 734. The number of furan rings is 1. The molecule has 0 radical (unpaired) electrons. The zero-order valence-corrected chi connectivity index (χ0v) is 11.8. The number of sulfonamides is 1. The zero-order valence-electron chi connectivity index (χ0n) is 9.38. The van der Waals surface area contributed by atoms with Gasteiger partial charge < -0.3 is 15.1 Å². The van der Waals surface area contributed by atoms with E-state index in [2.05, 4.69) is 15.0 Å². The normalized spacial score (nSPS) is 16.4. The summed E-state index contributed by atoms with van der Waals surface area (Å²) in [6.45, 7) is 0.335. The molecule has 0 amide bonds. The summed E-state index contributed by atoms with van der Waals surface area (Å²) in [5.41, 5.74) is 0.437. The molecule has 2 aromatic heterocycles. The van der Waals surface area contributed by atoms with Gasteiger partial charge in [-0.3, -0.25) is 0 Å². The second-order valence-corrected chi connectivity index (χ2v) is 7.21. The van der Waals surface area contributed by atoms with Gasteiger partial charge in [0.05, 0.1) is 22.8 Å². The van der Waals surface area contributed by atoms with Crippen LogP contribution in [-0.2, 0) is 16.6 Å². The van der Waals surface area contributed by atoms with Crippen molar-refractivity contribution in [3.8, 4) is 0 Å². The molecule has 1 aliphatic rings. The molecule has 19 heavy (non-hydrogen) atoms. The number of hydrogen-bond acceptors (Lipinski definition) is 6. The highest BCUT2D eigenvalue weighted by atomic mass is 35.5. The number of nitrogens with one attached hydrogen (secondary N) is 2. The number of nitrogens with zero attached hydrogens (tertiary/aromatic N) is 1. The van der Waals surface area contributed by atoms with Gasteiger partial charge in [0, 0.05) is 0 Å². The fourth-order valence-corrected chi connectivity index (χ4v) is 4.27. The van der Waals surface area contributed by atoms with Gasteiger partial charge in [-0.25, -0.2) is 0 Å². The molecular weight excluding hydrogens is 310 g/mol. The number of fused-ring (bicyclic) bond motifs is 1. The van der Waals surface area contributed by atoms with Gasteiger partial charge >= 0.3 is 0 Å². The Morgan fingerprint density at radius 2 is 2.37 bits per heavy atom. The Labute approximate surface area is 118 Å². The summed E-state index contributed by atoms with van der Waals surface area (Å²) in [4.78, 5) is 0. The topological polar surface area (TPSA) is 83.7 Å². The van der Waals surface area contributed by atoms with Crippen molar-refractivity contribution in [2.45, 2.75) is 10.8 Å². The number of anilines is 1. The van der Waals surface area contributed by atoms with Crippen LogP contribution < -0.4 is 10.6 Å². The van der Waals surface area contributed by atoms with Gasteiger partial charge in [-0.05, 0) is 18.2 Å². The smallest absolute Gasteiger partial charge is 0.297 e. The highest BCUT2D eigenvalue weighted by Crippen LogP contribution is 2.37. The van der Waals surface area contributed by atoms with Crippen molar-refractivity contribution in [1.82, 2.24) is 5.32 Å². The first-order valence-electron chi connectivity index (χ1n) is 5.22. The third kappa shape index (κ3) is 2.46. The quantitative estimate of drug-likeness (QED) is 0.887. The molecule has 2 aromatic rings. The number of halogens is 1. The number of hydrogen-bond donors (Lipinski definition) is 2. The molecule has 6 nitrogen and oxygen atoms in total. The van der Waals surface area contributed by atoms with E-state index in [-0.39, 0.29) is 10.2 Å². The average Bonchev–Trinajstić information content (AvgIpc) is 2.94. The summed E-state index contributed by atoms with van der Waals surface area (Å²) < 4.78 is 33.1. The zero-order chi connectivity index (χ0) is 13.5. The van der Waals surface area contributed by atoms with E-state index in [1.54, 1.807) is 24.5 Å². The molecule has 2 N–H and O–H groups in total. The third-order valence-corrected chi connectivity index (χ3v) is 5.43. The molecule has 0 fully saturated rings. The second-order valence-electron chi connectivity index (χ2n) is 3.72. The molecule has 0 aliphatic carbocycles. The van der Waals surface area contributed by atoms with Gasteiger partial charge in [-0.1, -0.05) is 11.6 Å². The van der Waals surface area contributed by atoms with E-state index in [0.717, 1.165) is 11.3 Å². The van der Waals surface area contributed by atoms with Gasteiger partial charge in [0.15, 0.2) is 4.21 Å². The molecule has 9 heteroatoms. The second kappa shape index (κ2) is 4.55. The first-order chi connectivity index (χ1) is 9.04. The van der Waals surface area contributed by atoms with Gasteiger partial charge in [0.25, 0.3) is 10.0 Å². The van der Waals surface area contributed by atoms with Crippen molar-refractivity contribution in [3.63, 3.8) is 0 Å². The predicted molar refractivity (Wildman–Crippen MR) is 73.1 cm³/mol. The Morgan fingerprint density at radius 3 is 3.11 bits per heavy atom. The third-order valence-electron chi connectivity index (χ3n) is 2.38. The maximum Gasteiger partial charge on any atom is 0.297 e. The Balaban J connectivity index is 1.83. The Morgan fingerprint density at radius 1 is 1.53 bits per heavy atom. The summed E-state index contributed by atoms with van der Waals surface area (Å²) in [5.74, 6) is 0.828. The Hall–Kier alpha value is -1.51. The summed E-state index contributed by atoms with van der Waals surface area (Å²) in [6.07, 6.45) is 1.54. The van der Waals surface area contributed by atoms with Crippen molar-refractivity contribution in [2.24, 2.45) is 4.40 Å². The SMILES string of the molecule is O=S1(=O)N=C(NCc2ccco2)Nc2cc(Cl)sc21. The minimum Gasteiger partial charge on any atom is -0.467 e. The maximum absolute atomic E-state index is 11.9. The van der Waals surface area contributed by atoms with Crippen LogP contribution in [-0.4, -0.2) is 14.4 Å². The fourth-order valence-electron chi connectivity index (χ4n) is 1.60. The lowest BCUT2D eigenvalue weighted by Gasteiger charge is -2.15. The van der Waals surface area contributed by atoms with E-state index in [4.69, 9.17) is 16.0 Å². The molecule has 0 aromatic carbocycles. The lowest BCUT2D eigenvalue weighted by Crippen LogP contribution is -2.33. The van der Waals surface area contributed by atoms with Gasteiger partial charge in [-0.2, -0.15) is 8.42 Å². The highest BCUT2D eigenvalue weighted by molar-refractivity contribution is 7.92. The van der Waals surface area contributed by atoms with Crippen molar-refractivity contribution in [1.29, 1.82) is 0 Å². The van der Waals surface area contributed by atoms with Crippen LogP contribution >= 0.6 is 22.9 Å². The van der Waals surface area contributed by atoms with Crippen LogP contribution in [0.5, 0.6) is 0 Å². The molecule has 0 bridgehead atoms. The van der Waals surface area contributed by atoms with Crippen LogP contribution in [0.2, 0.25) is 4.34 Å². The van der Waals surface area contributed by atoms with E-state index in [0.29, 0.717) is 22.3 Å². The van der Waals surface area contributed by atoms with Crippen molar-refractivity contribution in [2.75, 3.05) is 5.32 Å². The van der Waals surface area contributed by atoms with Gasteiger partial charge in [0.2, 0.25) is 5.96 Å². The van der Waals surface area contributed by atoms with Crippen LogP contribution in [0.15, 0.2) is 37.5 Å². The van der Waals surface area contributed by atoms with E-state index >= 15 is 0 Å². The maximum atomic E-state index is 11.9. The molecular formula is C10H8ClN3O3S2. The molecule has 0 saturated heterocycles. The minimum atomic E-state index is -3.69. The summed E-state index contributed by atoms with van der Waals surface area (Å²) in [5, 5.41) is 5.74. The summed E-state index contributed by atoms with van der Waals surface area (Å²) in [7, 11) is -3.69. The monoisotopic (exact) mass is 317 g/mol. The van der Waals surface area contributed by atoms with E-state index in [1.807, 2.05) is 0 Å². The van der Waals surface area contributed by atoms with Crippen LogP contribution in [0.1, 0.15) is 5.76 Å². The molecule has 1 aliphatic heterocycles. The van der Waals surface area contributed by atoms with Gasteiger partial charge in [-0.15, -0.1) is 15.7 Å². The lowest BCUT2D eigenvalue weighted by atomic mass is 10.4.